The van der Waals surface area contributed by atoms with Gasteiger partial charge in [0.2, 0.25) is 17.7 Å². The molecule has 0 aliphatic carbocycles. The number of nitrogens with one attached hydrogen (secondary N) is 3. The lowest BCUT2D eigenvalue weighted by Gasteiger charge is -2.11. The van der Waals surface area contributed by atoms with Crippen molar-refractivity contribution in [1.29, 1.82) is 0 Å². The van der Waals surface area contributed by atoms with Gasteiger partial charge in [-0.05, 0) is 29.1 Å². The quantitative estimate of drug-likeness (QED) is 0.564. The van der Waals surface area contributed by atoms with E-state index in [1.54, 1.807) is 16.9 Å². The number of anilines is 2. The predicted octanol–water partition coefficient (Wildman–Crippen LogP) is 1.68. The molecule has 2 amide bonds. The minimum absolute atomic E-state index is 0.129. The minimum atomic E-state index is -4.19. The van der Waals surface area contributed by atoms with Gasteiger partial charge in [0, 0.05) is 21.5 Å². The summed E-state index contributed by atoms with van der Waals surface area (Å²) in [5.41, 5.74) is 0.930. The zero-order valence-corrected chi connectivity index (χ0v) is 16.5. The van der Waals surface area contributed by atoms with Crippen molar-refractivity contribution in [2.45, 2.75) is 0 Å². The molecule has 0 atom stereocenters. The standard InChI is InChI=1S/C15H14BrN5O5S/c1-25-12-9-13(26-2)18-14(17-12)19-15(22)21-27(23,24)20-11-5-3-10(4-6-11)7-8-16/h3-6,9,20H,1-2H3,(H2,17,18,19,21,22). The van der Waals surface area contributed by atoms with Crippen LogP contribution >= 0.6 is 15.9 Å². The fourth-order valence-electron chi connectivity index (χ4n) is 1.77. The van der Waals surface area contributed by atoms with Crippen LogP contribution in [0.2, 0.25) is 0 Å². The maximum Gasteiger partial charge on any atom is 0.336 e. The Morgan fingerprint density at radius 1 is 1.11 bits per heavy atom. The highest BCUT2D eigenvalue weighted by Gasteiger charge is 2.16. The molecule has 2 aromatic rings. The molecule has 142 valence electrons. The highest BCUT2D eigenvalue weighted by molar-refractivity contribution is 9.12. The third-order valence-electron chi connectivity index (χ3n) is 2.88. The van der Waals surface area contributed by atoms with Crippen LogP contribution in [-0.4, -0.2) is 38.6 Å². The van der Waals surface area contributed by atoms with E-state index >= 15 is 0 Å². The van der Waals surface area contributed by atoms with Crippen molar-refractivity contribution in [1.82, 2.24) is 14.7 Å². The molecule has 2 rings (SSSR count). The molecule has 0 bridgehead atoms. The van der Waals surface area contributed by atoms with E-state index < -0.39 is 16.2 Å². The van der Waals surface area contributed by atoms with Crippen molar-refractivity contribution in [2.24, 2.45) is 0 Å². The molecule has 0 radical (unpaired) electrons. The van der Waals surface area contributed by atoms with Crippen LogP contribution < -0.4 is 24.2 Å². The van der Waals surface area contributed by atoms with Gasteiger partial charge in [-0.15, -0.1) is 0 Å². The number of carbonyl (C=O) groups excluding carboxylic acids is 1. The summed E-state index contributed by atoms with van der Waals surface area (Å²) in [6, 6.07) is 6.55. The van der Waals surface area contributed by atoms with Crippen LogP contribution in [0.25, 0.3) is 0 Å². The Hall–Kier alpha value is -3.04. The van der Waals surface area contributed by atoms with Gasteiger partial charge in [-0.3, -0.25) is 10.0 Å². The molecule has 1 aromatic carbocycles. The van der Waals surface area contributed by atoms with Gasteiger partial charge in [0.25, 0.3) is 0 Å². The number of urea groups is 1. The van der Waals surface area contributed by atoms with E-state index in [9.17, 15) is 13.2 Å². The number of ether oxygens (including phenoxy) is 2. The number of carbonyl (C=O) groups is 1. The Labute approximate surface area is 164 Å². The van der Waals surface area contributed by atoms with Crippen LogP contribution in [0.3, 0.4) is 0 Å². The lowest BCUT2D eigenvalue weighted by atomic mass is 10.2. The molecule has 0 aliphatic rings. The molecule has 10 nitrogen and oxygen atoms in total. The first-order chi connectivity index (χ1) is 12.8. The number of halogens is 1. The van der Waals surface area contributed by atoms with E-state index in [-0.39, 0.29) is 23.4 Å². The van der Waals surface area contributed by atoms with Crippen molar-refractivity contribution in [3.05, 3.63) is 35.9 Å². The molecular weight excluding hydrogens is 442 g/mol. The summed E-state index contributed by atoms with van der Waals surface area (Å²) in [5.74, 6) is 2.81. The van der Waals surface area contributed by atoms with Gasteiger partial charge in [0.05, 0.1) is 26.0 Å². The Balaban J connectivity index is 2.04. The number of rotatable bonds is 6. The van der Waals surface area contributed by atoms with Crippen LogP contribution in [0.1, 0.15) is 5.56 Å². The Kier molecular flexibility index (Phi) is 6.80. The summed E-state index contributed by atoms with van der Waals surface area (Å²) in [6.07, 6.45) is 0. The maximum atomic E-state index is 12.0. The van der Waals surface area contributed by atoms with Crippen LogP contribution in [0.4, 0.5) is 16.4 Å². The van der Waals surface area contributed by atoms with Gasteiger partial charge in [0.1, 0.15) is 0 Å². The lowest BCUT2D eigenvalue weighted by molar-refractivity contribution is 0.256. The average Bonchev–Trinajstić information content (AvgIpc) is 2.62. The van der Waals surface area contributed by atoms with Gasteiger partial charge >= 0.3 is 16.2 Å². The number of amides is 2. The van der Waals surface area contributed by atoms with Crippen LogP contribution in [0.5, 0.6) is 11.8 Å². The first kappa shape index (κ1) is 20.3. The zero-order valence-electron chi connectivity index (χ0n) is 14.1. The fraction of sp³-hybridized carbons (Fsp3) is 0.133. The molecule has 0 fully saturated rings. The Bertz CT molecular complexity index is 964. The molecule has 0 saturated heterocycles. The molecule has 0 aliphatic heterocycles. The van der Waals surface area contributed by atoms with Crippen molar-refractivity contribution in [2.75, 3.05) is 24.3 Å². The number of hydrogen-bond acceptors (Lipinski definition) is 7. The molecule has 1 heterocycles. The number of methoxy groups -OCH3 is 2. The van der Waals surface area contributed by atoms with E-state index in [1.807, 2.05) is 0 Å². The highest BCUT2D eigenvalue weighted by atomic mass is 79.9. The SMILES string of the molecule is COc1cc(OC)nc(NC(=O)NS(=O)(=O)Nc2ccc(C#CBr)cc2)n1. The van der Waals surface area contributed by atoms with Crippen LogP contribution in [0.15, 0.2) is 30.3 Å². The summed E-state index contributed by atoms with van der Waals surface area (Å²) in [6.45, 7) is 0. The molecule has 27 heavy (non-hydrogen) atoms. The highest BCUT2D eigenvalue weighted by Crippen LogP contribution is 2.17. The van der Waals surface area contributed by atoms with Gasteiger partial charge in [-0.2, -0.15) is 18.4 Å². The fourth-order valence-corrected chi connectivity index (χ4v) is 2.80. The van der Waals surface area contributed by atoms with Gasteiger partial charge < -0.3 is 9.47 Å². The largest absolute Gasteiger partial charge is 0.481 e. The average molecular weight is 456 g/mol. The number of nitrogens with zero attached hydrogens (tertiary/aromatic N) is 2. The normalized spacial score (nSPS) is 10.2. The summed E-state index contributed by atoms with van der Waals surface area (Å²) >= 11 is 2.97. The number of benzene rings is 1. The van der Waals surface area contributed by atoms with E-state index in [1.165, 1.54) is 32.4 Å². The van der Waals surface area contributed by atoms with Crippen molar-refractivity contribution >= 4 is 43.8 Å². The second-order valence-corrected chi connectivity index (χ2v) is 6.55. The Morgan fingerprint density at radius 2 is 1.70 bits per heavy atom. The molecule has 1 aromatic heterocycles. The number of aromatic nitrogens is 2. The summed E-state index contributed by atoms with van der Waals surface area (Å²) in [5, 5.41) is 2.18. The molecular formula is C15H14BrN5O5S. The molecule has 12 heteroatoms. The Morgan fingerprint density at radius 3 is 2.22 bits per heavy atom. The lowest BCUT2D eigenvalue weighted by Crippen LogP contribution is -2.38. The van der Waals surface area contributed by atoms with Crippen LogP contribution in [-0.2, 0) is 10.2 Å². The first-order valence-electron chi connectivity index (χ1n) is 7.15. The van der Waals surface area contributed by atoms with E-state index in [2.05, 4.69) is 46.7 Å². The first-order valence-corrected chi connectivity index (χ1v) is 9.43. The molecule has 3 N–H and O–H groups in total. The van der Waals surface area contributed by atoms with Gasteiger partial charge in [-0.25, -0.2) is 9.52 Å². The van der Waals surface area contributed by atoms with E-state index in [4.69, 9.17) is 9.47 Å². The molecule has 0 spiro atoms. The second kappa shape index (κ2) is 9.06. The monoisotopic (exact) mass is 455 g/mol. The van der Waals surface area contributed by atoms with Crippen LogP contribution in [0, 0.1) is 10.8 Å². The van der Waals surface area contributed by atoms with E-state index in [0.29, 0.717) is 5.56 Å². The summed E-state index contributed by atoms with van der Waals surface area (Å²) < 4.78 is 38.0. The molecule has 0 saturated carbocycles. The van der Waals surface area contributed by atoms with Crippen molar-refractivity contribution < 1.29 is 22.7 Å². The topological polar surface area (TPSA) is 132 Å². The zero-order chi connectivity index (χ0) is 19.9. The number of hydrogen-bond donors (Lipinski definition) is 3. The maximum absolute atomic E-state index is 12.0. The third kappa shape index (κ3) is 6.32. The third-order valence-corrected chi connectivity index (χ3v) is 4.04. The predicted molar refractivity (Wildman–Crippen MR) is 102 cm³/mol. The summed E-state index contributed by atoms with van der Waals surface area (Å²) in [7, 11) is -1.45. The van der Waals surface area contributed by atoms with Gasteiger partial charge in [-0.1, -0.05) is 5.92 Å². The second-order valence-electron chi connectivity index (χ2n) is 4.73. The van der Waals surface area contributed by atoms with Crippen molar-refractivity contribution in [3.8, 4) is 22.5 Å². The smallest absolute Gasteiger partial charge is 0.336 e. The summed E-state index contributed by atoms with van der Waals surface area (Å²) in [4.78, 5) is 22.2. The van der Waals surface area contributed by atoms with Gasteiger partial charge in [0.15, 0.2) is 0 Å². The molecule has 0 unspecified atom stereocenters. The minimum Gasteiger partial charge on any atom is -0.481 e. The van der Waals surface area contributed by atoms with Crippen molar-refractivity contribution in [3.63, 3.8) is 0 Å². The van der Waals surface area contributed by atoms with E-state index in [0.717, 1.165) is 0 Å².